The second-order valence-corrected chi connectivity index (χ2v) is 11.5. The summed E-state index contributed by atoms with van der Waals surface area (Å²) in [5, 5.41) is 21.2. The molecule has 0 radical (unpaired) electrons. The van der Waals surface area contributed by atoms with E-state index < -0.39 is 24.0 Å². The molecule has 0 spiro atoms. The number of aliphatic hydroxyl groups excluding tert-OH is 1. The molecule has 3 aromatic rings. The van der Waals surface area contributed by atoms with Crippen molar-refractivity contribution in [3.8, 4) is 0 Å². The van der Waals surface area contributed by atoms with Crippen LogP contribution in [0.3, 0.4) is 0 Å². The topological polar surface area (TPSA) is 138 Å². The van der Waals surface area contributed by atoms with E-state index in [1.54, 1.807) is 6.08 Å². The van der Waals surface area contributed by atoms with E-state index in [1.165, 1.54) is 7.11 Å². The van der Waals surface area contributed by atoms with Gasteiger partial charge in [0.25, 0.3) is 0 Å². The first-order chi connectivity index (χ1) is 21.0. The number of aromatic nitrogens is 4. The van der Waals surface area contributed by atoms with Crippen LogP contribution in [-0.2, 0) is 27.2 Å². The molecule has 0 aromatic carbocycles. The number of esters is 1. The molecule has 1 aliphatic carbocycles. The van der Waals surface area contributed by atoms with Crippen LogP contribution < -0.4 is 9.97 Å². The molecule has 1 unspecified atom stereocenters. The number of carbonyl (C=O) groups is 2. The number of aliphatic hydroxyl groups is 1. The number of rotatable bonds is 6. The molecule has 2 N–H and O–H groups in total. The van der Waals surface area contributed by atoms with E-state index in [0.29, 0.717) is 44.8 Å². The van der Waals surface area contributed by atoms with Crippen LogP contribution in [0.5, 0.6) is 0 Å². The van der Waals surface area contributed by atoms with Crippen molar-refractivity contribution in [2.45, 2.75) is 65.9 Å². The summed E-state index contributed by atoms with van der Waals surface area (Å²) in [5.41, 5.74) is 12.3. The fourth-order valence-corrected chi connectivity index (χ4v) is 6.73. The summed E-state index contributed by atoms with van der Waals surface area (Å²) in [5.74, 6) is -2.64. The summed E-state index contributed by atoms with van der Waals surface area (Å²) in [4.78, 5) is 44.9. The number of nitrogens with zero attached hydrogens (tertiary/aromatic N) is 4. The largest absolute Gasteiger partial charge is 2.00 e. The van der Waals surface area contributed by atoms with Gasteiger partial charge in [0.05, 0.1) is 36.0 Å². The number of carboxylic acid groups (broad SMARTS) is 1. The summed E-state index contributed by atoms with van der Waals surface area (Å²) < 4.78 is 5.16. The van der Waals surface area contributed by atoms with E-state index in [-0.39, 0.29) is 35.9 Å². The van der Waals surface area contributed by atoms with E-state index in [2.05, 4.69) is 20.4 Å². The number of aliphatic carboxylic acids is 1. The van der Waals surface area contributed by atoms with Gasteiger partial charge in [0, 0.05) is 17.6 Å². The number of aryl methyl sites for hydroxylation is 4. The van der Waals surface area contributed by atoms with Crippen LogP contribution in [0, 0.1) is 13.8 Å². The Morgan fingerprint density at radius 3 is 2.22 bits per heavy atom. The summed E-state index contributed by atoms with van der Waals surface area (Å²) >= 11 is 0. The minimum Gasteiger partial charge on any atom is -0.657 e. The molecule has 2 aliphatic heterocycles. The number of hydrogen-bond donors (Lipinski definition) is 2. The molecule has 2 atom stereocenters. The maximum atomic E-state index is 13.2. The minimum absolute atomic E-state index is 0. The normalized spacial score (nSPS) is 17.0. The van der Waals surface area contributed by atoms with Gasteiger partial charge < -0.3 is 24.9 Å². The molecule has 5 heterocycles. The Morgan fingerprint density at radius 2 is 1.58 bits per heavy atom. The monoisotopic (exact) mass is 614 g/mol. The van der Waals surface area contributed by atoms with E-state index in [4.69, 9.17) is 24.7 Å². The summed E-state index contributed by atoms with van der Waals surface area (Å²) in [6.45, 7) is 13.9. The Bertz CT molecular complexity index is 2030. The molecule has 3 aliphatic rings. The molecule has 9 nitrogen and oxygen atoms in total. The van der Waals surface area contributed by atoms with Gasteiger partial charge in [-0.05, 0) is 57.2 Å². The van der Waals surface area contributed by atoms with Crippen LogP contribution in [0.25, 0.3) is 44.4 Å². The van der Waals surface area contributed by atoms with Crippen LogP contribution in [0.15, 0.2) is 30.9 Å². The van der Waals surface area contributed by atoms with Crippen LogP contribution in [0.1, 0.15) is 83.7 Å². The van der Waals surface area contributed by atoms with Crippen molar-refractivity contribution in [3.05, 3.63) is 81.4 Å². The van der Waals surface area contributed by atoms with E-state index in [1.807, 2.05) is 39.0 Å². The van der Waals surface area contributed by atoms with Gasteiger partial charge in [-0.2, -0.15) is 0 Å². The molecular weight excluding hydrogens is 581 g/mol. The second kappa shape index (κ2) is 12.1. The number of methoxy groups -OCH3 is 1. The Balaban J connectivity index is 0.00000400. The number of ether oxygens (including phenoxy) is 1. The van der Waals surface area contributed by atoms with E-state index >= 15 is 0 Å². The summed E-state index contributed by atoms with van der Waals surface area (Å²) in [6.07, 6.45) is 1.39. The van der Waals surface area contributed by atoms with Crippen molar-refractivity contribution in [1.29, 1.82) is 0 Å². The average Bonchev–Trinajstić information content (AvgIpc) is 3.72. The van der Waals surface area contributed by atoms with Crippen LogP contribution in [0.4, 0.5) is 0 Å². The number of hydrogen-bond acceptors (Lipinski definition) is 6. The summed E-state index contributed by atoms with van der Waals surface area (Å²) in [6, 6.07) is 5.79. The predicted octanol–water partition coefficient (Wildman–Crippen LogP) is 5.07. The van der Waals surface area contributed by atoms with Crippen LogP contribution >= 0.6 is 0 Å². The third-order valence-electron chi connectivity index (χ3n) is 9.18. The SMILES string of the molecule is C=CC1=C(C)c2cc3[n-]c(c(CCC(=O)O)c3C)c3c4nc(cc5[n-]c(cc1n2)c(C)c5CC)C(C)=C4C(O)[C@@H]3C(=O)OC.[Mg+2]. The molecule has 6 rings (SSSR count). The molecule has 45 heavy (non-hydrogen) atoms. The van der Waals surface area contributed by atoms with Crippen molar-refractivity contribution in [3.63, 3.8) is 0 Å². The Labute approximate surface area is 277 Å². The van der Waals surface area contributed by atoms with Crippen molar-refractivity contribution >= 4 is 79.4 Å². The zero-order valence-corrected chi connectivity index (χ0v) is 27.8. The van der Waals surface area contributed by atoms with Crippen molar-refractivity contribution in [2.24, 2.45) is 0 Å². The maximum absolute atomic E-state index is 13.2. The van der Waals surface area contributed by atoms with Crippen molar-refractivity contribution < 1.29 is 24.5 Å². The molecule has 0 fully saturated rings. The van der Waals surface area contributed by atoms with Gasteiger partial charge in [0.2, 0.25) is 0 Å². The Morgan fingerprint density at radius 1 is 0.956 bits per heavy atom. The summed E-state index contributed by atoms with van der Waals surface area (Å²) in [7, 11) is 1.28. The first kappa shape index (κ1) is 32.4. The van der Waals surface area contributed by atoms with Gasteiger partial charge in [0.1, 0.15) is 5.92 Å². The van der Waals surface area contributed by atoms with Crippen molar-refractivity contribution in [2.75, 3.05) is 7.11 Å². The maximum Gasteiger partial charge on any atom is 2.00 e. The van der Waals surface area contributed by atoms with Gasteiger partial charge in [0.15, 0.2) is 0 Å². The van der Waals surface area contributed by atoms with Gasteiger partial charge >= 0.3 is 35.0 Å². The first-order valence-corrected chi connectivity index (χ1v) is 14.7. The van der Waals surface area contributed by atoms with E-state index in [9.17, 15) is 19.8 Å². The zero-order chi connectivity index (χ0) is 31.6. The van der Waals surface area contributed by atoms with Crippen LogP contribution in [-0.4, -0.2) is 68.4 Å². The Hall–Kier alpha value is -3.99. The molecular formula is C35H34MgN4O5. The van der Waals surface area contributed by atoms with Gasteiger partial charge in [-0.15, -0.1) is 22.1 Å². The molecule has 8 bridgehead atoms. The van der Waals surface area contributed by atoms with E-state index in [0.717, 1.165) is 56.6 Å². The quantitative estimate of drug-likeness (QED) is 0.288. The van der Waals surface area contributed by atoms with Crippen LogP contribution in [0.2, 0.25) is 0 Å². The number of carbonyl (C=O) groups excluding carboxylic acids is 1. The average molecular weight is 615 g/mol. The van der Waals surface area contributed by atoms with Gasteiger partial charge in [-0.25, -0.2) is 9.97 Å². The number of carboxylic acids is 1. The molecule has 10 heteroatoms. The van der Waals surface area contributed by atoms with Gasteiger partial charge in [-0.1, -0.05) is 60.0 Å². The smallest absolute Gasteiger partial charge is 0.657 e. The fraction of sp³-hybridized carbons (Fsp3) is 0.314. The zero-order valence-electron chi connectivity index (χ0n) is 26.4. The third kappa shape index (κ3) is 5.05. The fourth-order valence-electron chi connectivity index (χ4n) is 6.73. The minimum atomic E-state index is -1.21. The molecule has 3 aromatic heterocycles. The molecule has 0 amide bonds. The van der Waals surface area contributed by atoms with Crippen molar-refractivity contribution in [1.82, 2.24) is 19.9 Å². The predicted molar refractivity (Wildman–Crippen MR) is 175 cm³/mol. The number of allylic oxidation sites excluding steroid dienone is 4. The van der Waals surface area contributed by atoms with Gasteiger partial charge in [-0.3, -0.25) is 9.59 Å². The third-order valence-corrected chi connectivity index (χ3v) is 9.18. The first-order valence-electron chi connectivity index (χ1n) is 14.7. The molecule has 226 valence electrons. The molecule has 0 saturated carbocycles. The second-order valence-electron chi connectivity index (χ2n) is 11.5. The molecule has 0 saturated heterocycles. The Kier molecular flexibility index (Phi) is 8.69. The number of fused-ring (bicyclic) bond motifs is 8. The standard InChI is InChI=1S/C35H35N4O5.Mg/c1-8-19-15(3)22-12-24-17(5)21(10-11-28(40)41)32(38-24)30-31(35(43)44-7)34(42)29-18(6)25(39-33(29)30)14-27-20(9-2)16(4)23(37-27)13-26(19)36-22;/h8,12-14,31,34,42H,1,9-11H2,2-7H3,(H2-,36,37,38,39,40,41);/q-1;+2/p-1/t31-,34?;/m1./s1.